The molecule has 7 rings (SSSR count). The molecule has 5 heterocycles. The summed E-state index contributed by atoms with van der Waals surface area (Å²) in [5, 5.41) is 1.96. The van der Waals surface area contributed by atoms with Gasteiger partial charge in [0, 0.05) is 42.5 Å². The van der Waals surface area contributed by atoms with Crippen molar-refractivity contribution in [3.63, 3.8) is 0 Å². The Morgan fingerprint density at radius 3 is 2.62 bits per heavy atom. The van der Waals surface area contributed by atoms with Crippen molar-refractivity contribution in [3.05, 3.63) is 66.7 Å². The summed E-state index contributed by atoms with van der Waals surface area (Å²) >= 11 is 0. The van der Waals surface area contributed by atoms with Crippen LogP contribution in [0.25, 0.3) is 44.5 Å². The molecule has 0 spiro atoms. The number of hydrogen-bond donors (Lipinski definition) is 2. The number of nitrogens with zero attached hydrogens (tertiary/aromatic N) is 6. The Labute approximate surface area is 215 Å². The fraction of sp³-hybridized carbons (Fsp3) is 0.310. The molecular formula is C29H30N8. The maximum absolute atomic E-state index is 6.43. The molecule has 1 aliphatic heterocycles. The lowest BCUT2D eigenvalue weighted by molar-refractivity contribution is 0.0921. The summed E-state index contributed by atoms with van der Waals surface area (Å²) in [6, 6.07) is 14.7. The van der Waals surface area contributed by atoms with Crippen LogP contribution in [0, 0.1) is 5.92 Å². The first-order valence-electron chi connectivity index (χ1n) is 13.1. The van der Waals surface area contributed by atoms with Crippen LogP contribution < -0.4 is 11.5 Å². The molecule has 0 atom stereocenters. The lowest BCUT2D eigenvalue weighted by atomic mass is 9.79. The van der Waals surface area contributed by atoms with Crippen molar-refractivity contribution in [1.82, 2.24) is 29.4 Å². The van der Waals surface area contributed by atoms with Crippen molar-refractivity contribution in [3.8, 4) is 22.5 Å². The third-order valence-electron chi connectivity index (χ3n) is 8.06. The van der Waals surface area contributed by atoms with Crippen LogP contribution in [0.3, 0.4) is 0 Å². The van der Waals surface area contributed by atoms with Crippen LogP contribution in [0.15, 0.2) is 61.2 Å². The normalized spacial score (nSPS) is 19.7. The van der Waals surface area contributed by atoms with E-state index in [2.05, 4.69) is 48.8 Å². The van der Waals surface area contributed by atoms with Gasteiger partial charge in [-0.05, 0) is 73.7 Å². The zero-order valence-electron chi connectivity index (χ0n) is 20.7. The topological polar surface area (TPSA) is 112 Å². The predicted molar refractivity (Wildman–Crippen MR) is 147 cm³/mol. The van der Waals surface area contributed by atoms with Gasteiger partial charge in [-0.1, -0.05) is 18.2 Å². The second kappa shape index (κ2) is 8.90. The third kappa shape index (κ3) is 3.84. The van der Waals surface area contributed by atoms with Gasteiger partial charge in [-0.2, -0.15) is 0 Å². The van der Waals surface area contributed by atoms with Gasteiger partial charge in [-0.15, -0.1) is 0 Å². The summed E-state index contributed by atoms with van der Waals surface area (Å²) in [5.74, 6) is 1.27. The number of nitrogen functional groups attached to an aromatic ring is 1. The molecule has 4 N–H and O–H groups in total. The van der Waals surface area contributed by atoms with E-state index in [0.29, 0.717) is 18.4 Å². The number of hydrogen-bond acceptors (Lipinski definition) is 7. The fourth-order valence-corrected chi connectivity index (χ4v) is 5.89. The Morgan fingerprint density at radius 2 is 1.86 bits per heavy atom. The van der Waals surface area contributed by atoms with Crippen LogP contribution in [-0.2, 0) is 6.54 Å². The molecule has 2 fully saturated rings. The molecule has 37 heavy (non-hydrogen) atoms. The van der Waals surface area contributed by atoms with Gasteiger partial charge < -0.3 is 20.9 Å². The summed E-state index contributed by atoms with van der Waals surface area (Å²) in [6.07, 6.45) is 9.27. The van der Waals surface area contributed by atoms with Crippen LogP contribution in [0.1, 0.15) is 30.9 Å². The molecule has 8 nitrogen and oxygen atoms in total. The van der Waals surface area contributed by atoms with Crippen molar-refractivity contribution in [2.24, 2.45) is 11.7 Å². The lowest BCUT2D eigenvalue weighted by Crippen LogP contribution is -2.43. The smallest absolute Gasteiger partial charge is 0.146 e. The van der Waals surface area contributed by atoms with Gasteiger partial charge in [-0.25, -0.2) is 15.0 Å². The number of fused-ring (bicyclic) bond motifs is 2. The lowest BCUT2D eigenvalue weighted by Gasteiger charge is -2.42. The first kappa shape index (κ1) is 22.3. The van der Waals surface area contributed by atoms with Gasteiger partial charge in [0.1, 0.15) is 17.8 Å². The molecular weight excluding hydrogens is 460 g/mol. The number of pyridine rings is 2. The number of anilines is 1. The van der Waals surface area contributed by atoms with E-state index in [4.69, 9.17) is 16.5 Å². The average Bonchev–Trinajstić information content (AvgIpc) is 3.27. The molecule has 5 aromatic rings. The van der Waals surface area contributed by atoms with Crippen LogP contribution in [0.5, 0.6) is 0 Å². The van der Waals surface area contributed by atoms with Crippen molar-refractivity contribution < 1.29 is 0 Å². The number of benzene rings is 1. The third-order valence-corrected chi connectivity index (χ3v) is 8.06. The van der Waals surface area contributed by atoms with Gasteiger partial charge in [0.25, 0.3) is 0 Å². The Hall–Kier alpha value is -3.88. The quantitative estimate of drug-likeness (QED) is 0.363. The molecule has 0 bridgehead atoms. The Bertz CT molecular complexity index is 1600. The molecule has 0 amide bonds. The largest absolute Gasteiger partial charge is 0.383 e. The molecule has 186 valence electrons. The van der Waals surface area contributed by atoms with E-state index in [1.165, 1.54) is 38.9 Å². The highest BCUT2D eigenvalue weighted by Gasteiger charge is 2.34. The maximum atomic E-state index is 6.43. The van der Waals surface area contributed by atoms with Crippen LogP contribution in [0.2, 0.25) is 0 Å². The molecule has 1 aliphatic carbocycles. The van der Waals surface area contributed by atoms with Gasteiger partial charge >= 0.3 is 0 Å². The minimum Gasteiger partial charge on any atom is -0.383 e. The molecule has 1 aromatic carbocycles. The molecule has 4 aromatic heterocycles. The minimum atomic E-state index is 0.429. The van der Waals surface area contributed by atoms with E-state index in [0.717, 1.165) is 55.9 Å². The number of nitrogens with two attached hydrogens (primary N) is 2. The second-order valence-corrected chi connectivity index (χ2v) is 10.4. The summed E-state index contributed by atoms with van der Waals surface area (Å²) in [6.45, 7) is 4.16. The van der Waals surface area contributed by atoms with Gasteiger partial charge in [0.05, 0.1) is 22.3 Å². The van der Waals surface area contributed by atoms with Crippen LogP contribution >= 0.6 is 0 Å². The van der Waals surface area contributed by atoms with Crippen molar-refractivity contribution in [2.75, 3.05) is 25.4 Å². The number of aromatic nitrogens is 5. The van der Waals surface area contributed by atoms with E-state index in [1.54, 1.807) is 12.5 Å². The summed E-state index contributed by atoms with van der Waals surface area (Å²) < 4.78 is 2.32. The standard InChI is InChI=1S/C29H30N8/c30-14-20-13-26(24-4-1-2-7-32-24)35-25-12-19(5-6-22(20)25)23-16-37(29-27(23)28(31)33-17-34-29)21-10-18(11-21)15-36-8-3-9-36/h1-2,4-7,12-13,16-18,21H,3,8-11,14-15,30H2,(H2,31,33,34). The first-order valence-corrected chi connectivity index (χ1v) is 13.1. The van der Waals surface area contributed by atoms with Gasteiger partial charge in [0.2, 0.25) is 0 Å². The average molecular weight is 491 g/mol. The molecule has 1 saturated carbocycles. The van der Waals surface area contributed by atoms with E-state index in [1.807, 2.05) is 24.3 Å². The van der Waals surface area contributed by atoms with E-state index in [-0.39, 0.29) is 0 Å². The van der Waals surface area contributed by atoms with Crippen molar-refractivity contribution >= 4 is 27.8 Å². The molecule has 1 saturated heterocycles. The fourth-order valence-electron chi connectivity index (χ4n) is 5.89. The Balaban J connectivity index is 1.30. The predicted octanol–water partition coefficient (Wildman–Crippen LogP) is 4.41. The monoisotopic (exact) mass is 490 g/mol. The summed E-state index contributed by atoms with van der Waals surface area (Å²) in [4.78, 5) is 21.0. The highest BCUT2D eigenvalue weighted by molar-refractivity contribution is 6.02. The van der Waals surface area contributed by atoms with Crippen LogP contribution in [0.4, 0.5) is 5.82 Å². The SMILES string of the molecule is NCc1cc(-c2ccccn2)nc2cc(-c3cn(C4CC(CN5CCC5)C4)c4ncnc(N)c34)ccc12. The highest BCUT2D eigenvalue weighted by atomic mass is 15.2. The second-order valence-electron chi connectivity index (χ2n) is 10.4. The van der Waals surface area contributed by atoms with E-state index >= 15 is 0 Å². The summed E-state index contributed by atoms with van der Waals surface area (Å²) in [7, 11) is 0. The molecule has 8 heteroatoms. The molecule has 0 unspecified atom stereocenters. The zero-order valence-corrected chi connectivity index (χ0v) is 20.7. The van der Waals surface area contributed by atoms with E-state index in [9.17, 15) is 0 Å². The Morgan fingerprint density at radius 1 is 0.973 bits per heavy atom. The maximum Gasteiger partial charge on any atom is 0.146 e. The highest BCUT2D eigenvalue weighted by Crippen LogP contribution is 2.43. The van der Waals surface area contributed by atoms with Gasteiger partial charge in [0.15, 0.2) is 0 Å². The molecule has 2 aliphatic rings. The van der Waals surface area contributed by atoms with Gasteiger partial charge in [-0.3, -0.25) is 4.98 Å². The van der Waals surface area contributed by atoms with Crippen LogP contribution in [-0.4, -0.2) is 49.0 Å². The minimum absolute atomic E-state index is 0.429. The first-order chi connectivity index (χ1) is 18.2. The summed E-state index contributed by atoms with van der Waals surface area (Å²) in [5.41, 5.74) is 19.1. The number of rotatable bonds is 6. The molecule has 0 radical (unpaired) electrons. The zero-order chi connectivity index (χ0) is 24.9. The van der Waals surface area contributed by atoms with Crippen molar-refractivity contribution in [1.29, 1.82) is 0 Å². The Kier molecular flexibility index (Phi) is 5.37. The number of likely N-dealkylation sites (tertiary alicyclic amines) is 1. The van der Waals surface area contributed by atoms with Crippen molar-refractivity contribution in [2.45, 2.75) is 31.8 Å². The van der Waals surface area contributed by atoms with E-state index < -0.39 is 0 Å².